The van der Waals surface area contributed by atoms with Gasteiger partial charge in [0.15, 0.2) is 0 Å². The van der Waals surface area contributed by atoms with Crippen molar-refractivity contribution in [2.45, 2.75) is 31.4 Å². The van der Waals surface area contributed by atoms with Crippen LogP contribution >= 0.6 is 11.6 Å². The molecule has 1 atom stereocenters. The third-order valence-electron chi connectivity index (χ3n) is 4.45. The smallest absolute Gasteiger partial charge is 0.324 e. The number of para-hydroxylation sites is 1. The van der Waals surface area contributed by atoms with Crippen molar-refractivity contribution in [2.24, 2.45) is 5.92 Å². The number of hydrogen-bond acceptors (Lipinski definition) is 5. The van der Waals surface area contributed by atoms with Crippen LogP contribution in [0.5, 0.6) is 0 Å². The van der Waals surface area contributed by atoms with E-state index in [0.29, 0.717) is 11.1 Å². The molecule has 9 heteroatoms. The SMILES string of the molecule is CC(C)C(NS(=O)(=O)c1ccccc1F)C(=O)OCc1cc2ccccc2nc1Cl. The average molecular weight is 451 g/mol. The molecule has 1 N–H and O–H groups in total. The maximum absolute atomic E-state index is 13.9. The number of sulfonamides is 1. The van der Waals surface area contributed by atoms with Gasteiger partial charge in [0.1, 0.15) is 28.5 Å². The molecule has 1 aromatic heterocycles. The van der Waals surface area contributed by atoms with Gasteiger partial charge in [0, 0.05) is 10.9 Å². The van der Waals surface area contributed by atoms with E-state index in [0.717, 1.165) is 17.5 Å². The maximum atomic E-state index is 13.9. The van der Waals surface area contributed by atoms with Crippen LogP contribution in [-0.4, -0.2) is 25.4 Å². The lowest BCUT2D eigenvalue weighted by atomic mass is 10.1. The molecule has 0 aliphatic rings. The van der Waals surface area contributed by atoms with E-state index in [-0.39, 0.29) is 11.8 Å². The van der Waals surface area contributed by atoms with Crippen molar-refractivity contribution in [3.63, 3.8) is 0 Å². The second kappa shape index (κ2) is 9.07. The number of halogens is 2. The maximum Gasteiger partial charge on any atom is 0.324 e. The highest BCUT2D eigenvalue weighted by atomic mass is 35.5. The molecule has 0 aliphatic heterocycles. The predicted octanol–water partition coefficient (Wildman–Crippen LogP) is 4.07. The van der Waals surface area contributed by atoms with Gasteiger partial charge in [-0.1, -0.05) is 55.8 Å². The largest absolute Gasteiger partial charge is 0.460 e. The van der Waals surface area contributed by atoms with Gasteiger partial charge in [-0.15, -0.1) is 0 Å². The number of benzene rings is 2. The number of nitrogens with zero attached hydrogens (tertiary/aromatic N) is 1. The number of carbonyl (C=O) groups is 1. The Morgan fingerprint density at radius 2 is 1.83 bits per heavy atom. The normalized spacial score (nSPS) is 12.8. The van der Waals surface area contributed by atoms with Gasteiger partial charge in [-0.3, -0.25) is 4.79 Å². The average Bonchev–Trinajstić information content (AvgIpc) is 2.70. The Hall–Kier alpha value is -2.55. The number of hydrogen-bond donors (Lipinski definition) is 1. The lowest BCUT2D eigenvalue weighted by Gasteiger charge is -2.21. The lowest BCUT2D eigenvalue weighted by Crippen LogP contribution is -2.45. The number of aromatic nitrogens is 1. The van der Waals surface area contributed by atoms with Crippen LogP contribution in [-0.2, 0) is 26.2 Å². The Morgan fingerprint density at radius 1 is 1.17 bits per heavy atom. The van der Waals surface area contributed by atoms with E-state index < -0.39 is 38.7 Å². The van der Waals surface area contributed by atoms with Crippen molar-refractivity contribution in [3.05, 3.63) is 71.1 Å². The van der Waals surface area contributed by atoms with Crippen LogP contribution in [0.4, 0.5) is 4.39 Å². The molecule has 158 valence electrons. The number of rotatable bonds is 7. The van der Waals surface area contributed by atoms with Crippen LogP contribution in [0.1, 0.15) is 19.4 Å². The standard InChI is InChI=1S/C21H20ClFN2O4S/c1-13(2)19(25-30(27,28)18-10-6-4-8-16(18)23)21(26)29-12-15-11-14-7-3-5-9-17(14)24-20(15)22/h3-11,13,19,25H,12H2,1-2H3. The number of ether oxygens (including phenoxy) is 1. The molecule has 0 fully saturated rings. The van der Waals surface area contributed by atoms with Crippen molar-refractivity contribution >= 4 is 38.5 Å². The molecule has 0 spiro atoms. The van der Waals surface area contributed by atoms with Crippen molar-refractivity contribution in [2.75, 3.05) is 0 Å². The zero-order valence-electron chi connectivity index (χ0n) is 16.3. The fourth-order valence-electron chi connectivity index (χ4n) is 2.83. The van der Waals surface area contributed by atoms with Crippen LogP contribution in [0.15, 0.2) is 59.5 Å². The van der Waals surface area contributed by atoms with Gasteiger partial charge in [0.05, 0.1) is 5.52 Å². The highest BCUT2D eigenvalue weighted by Gasteiger charge is 2.31. The summed E-state index contributed by atoms with van der Waals surface area (Å²) in [4.78, 5) is 16.3. The van der Waals surface area contributed by atoms with Crippen LogP contribution in [0.3, 0.4) is 0 Å². The van der Waals surface area contributed by atoms with Gasteiger partial charge < -0.3 is 4.74 Å². The number of esters is 1. The van der Waals surface area contributed by atoms with E-state index in [4.69, 9.17) is 16.3 Å². The molecular weight excluding hydrogens is 431 g/mol. The Labute approximate surface area is 179 Å². The van der Waals surface area contributed by atoms with Gasteiger partial charge in [0.2, 0.25) is 10.0 Å². The zero-order chi connectivity index (χ0) is 21.9. The summed E-state index contributed by atoms with van der Waals surface area (Å²) in [6, 6.07) is 12.8. The van der Waals surface area contributed by atoms with E-state index >= 15 is 0 Å². The lowest BCUT2D eigenvalue weighted by molar-refractivity contribution is -0.148. The van der Waals surface area contributed by atoms with E-state index in [9.17, 15) is 17.6 Å². The molecule has 0 amide bonds. The predicted molar refractivity (Wildman–Crippen MR) is 112 cm³/mol. The summed E-state index contributed by atoms with van der Waals surface area (Å²) >= 11 is 6.18. The molecule has 6 nitrogen and oxygen atoms in total. The summed E-state index contributed by atoms with van der Waals surface area (Å²) in [5, 5.41) is 1.02. The second-order valence-corrected chi connectivity index (χ2v) is 9.05. The molecule has 0 radical (unpaired) electrons. The monoisotopic (exact) mass is 450 g/mol. The van der Waals surface area contributed by atoms with Crippen molar-refractivity contribution in [1.82, 2.24) is 9.71 Å². The highest BCUT2D eigenvalue weighted by Crippen LogP contribution is 2.22. The molecule has 0 aliphatic carbocycles. The Balaban J connectivity index is 1.77. The Kier molecular flexibility index (Phi) is 6.70. The van der Waals surface area contributed by atoms with E-state index in [2.05, 4.69) is 9.71 Å². The first-order valence-corrected chi connectivity index (χ1v) is 11.0. The van der Waals surface area contributed by atoms with Crippen LogP contribution in [0.25, 0.3) is 10.9 Å². The number of carbonyl (C=O) groups excluding carboxylic acids is 1. The molecule has 30 heavy (non-hydrogen) atoms. The van der Waals surface area contributed by atoms with E-state index in [1.807, 2.05) is 24.3 Å². The first-order chi connectivity index (χ1) is 14.2. The Morgan fingerprint density at radius 3 is 2.53 bits per heavy atom. The second-order valence-electron chi connectivity index (χ2n) is 7.01. The van der Waals surface area contributed by atoms with E-state index in [1.54, 1.807) is 19.9 Å². The summed E-state index contributed by atoms with van der Waals surface area (Å²) in [7, 11) is -4.26. The summed E-state index contributed by atoms with van der Waals surface area (Å²) in [5.41, 5.74) is 1.19. The Bertz CT molecular complexity index is 1180. The molecule has 1 unspecified atom stereocenters. The number of nitrogens with one attached hydrogen (secondary N) is 1. The van der Waals surface area contributed by atoms with Crippen LogP contribution < -0.4 is 4.72 Å². The molecule has 0 saturated heterocycles. The van der Waals surface area contributed by atoms with Gasteiger partial charge in [-0.05, 0) is 30.2 Å². The highest BCUT2D eigenvalue weighted by molar-refractivity contribution is 7.89. The minimum absolute atomic E-state index is 0.180. The molecular formula is C21H20ClFN2O4S. The summed E-state index contributed by atoms with van der Waals surface area (Å²) in [6.45, 7) is 3.13. The fourth-order valence-corrected chi connectivity index (χ4v) is 4.44. The van der Waals surface area contributed by atoms with Gasteiger partial charge in [-0.2, -0.15) is 4.72 Å². The van der Waals surface area contributed by atoms with Crippen molar-refractivity contribution in [3.8, 4) is 0 Å². The molecule has 3 rings (SSSR count). The minimum Gasteiger partial charge on any atom is -0.460 e. The summed E-state index contributed by atoms with van der Waals surface area (Å²) in [6.07, 6.45) is 0. The van der Waals surface area contributed by atoms with Crippen molar-refractivity contribution < 1.29 is 22.3 Å². The molecule has 3 aromatic rings. The third-order valence-corrected chi connectivity index (χ3v) is 6.25. The number of fused-ring (bicyclic) bond motifs is 1. The van der Waals surface area contributed by atoms with E-state index in [1.165, 1.54) is 12.1 Å². The topological polar surface area (TPSA) is 85.4 Å². The van der Waals surface area contributed by atoms with Gasteiger partial charge in [0.25, 0.3) is 0 Å². The fraction of sp³-hybridized carbons (Fsp3) is 0.238. The first-order valence-electron chi connectivity index (χ1n) is 9.16. The molecule has 2 aromatic carbocycles. The number of pyridine rings is 1. The quantitative estimate of drug-likeness (QED) is 0.433. The van der Waals surface area contributed by atoms with Crippen LogP contribution in [0, 0.1) is 11.7 Å². The molecule has 1 heterocycles. The summed E-state index contributed by atoms with van der Waals surface area (Å²) < 4.78 is 46.6. The van der Waals surface area contributed by atoms with Gasteiger partial charge >= 0.3 is 5.97 Å². The molecule has 0 saturated carbocycles. The zero-order valence-corrected chi connectivity index (χ0v) is 17.9. The van der Waals surface area contributed by atoms with Crippen LogP contribution in [0.2, 0.25) is 5.15 Å². The first kappa shape index (κ1) is 22.1. The molecule has 0 bridgehead atoms. The van der Waals surface area contributed by atoms with Crippen molar-refractivity contribution in [1.29, 1.82) is 0 Å². The van der Waals surface area contributed by atoms with Gasteiger partial charge in [-0.25, -0.2) is 17.8 Å². The third kappa shape index (κ3) is 4.95. The minimum atomic E-state index is -4.26. The summed E-state index contributed by atoms with van der Waals surface area (Å²) in [5.74, 6) is -2.15.